The van der Waals surface area contributed by atoms with Crippen molar-refractivity contribution in [3.05, 3.63) is 72.2 Å². The summed E-state index contributed by atoms with van der Waals surface area (Å²) in [5.41, 5.74) is 1.09. The Morgan fingerprint density at radius 2 is 1.96 bits per heavy atom. The first kappa shape index (κ1) is 18.4. The van der Waals surface area contributed by atoms with E-state index in [1.54, 1.807) is 49.4 Å². The van der Waals surface area contributed by atoms with E-state index in [-0.39, 0.29) is 11.7 Å². The number of carbonyl (C=O) groups is 2. The van der Waals surface area contributed by atoms with Gasteiger partial charge in [-0.25, -0.2) is 9.00 Å². The van der Waals surface area contributed by atoms with Crippen LogP contribution in [0.2, 0.25) is 0 Å². The molecule has 1 unspecified atom stereocenters. The van der Waals surface area contributed by atoms with Crippen LogP contribution < -0.4 is 5.32 Å². The average molecular weight is 335 g/mol. The number of nitrogens with one attached hydrogen (secondary N) is 1. The van der Waals surface area contributed by atoms with E-state index in [9.17, 15) is 13.8 Å². The summed E-state index contributed by atoms with van der Waals surface area (Å²) in [7, 11) is 0. The van der Waals surface area contributed by atoms with Crippen molar-refractivity contribution in [1.82, 2.24) is 5.32 Å². The van der Waals surface area contributed by atoms with Gasteiger partial charge in [-0.15, -0.1) is 0 Å². The van der Waals surface area contributed by atoms with Crippen molar-refractivity contribution in [3.63, 3.8) is 0 Å². The fourth-order valence-electron chi connectivity index (χ4n) is 1.44. The fraction of sp³-hybridized carbons (Fsp3) is 0.125. The number of benzene rings is 1. The molecule has 0 fully saturated rings. The molecule has 6 nitrogen and oxygen atoms in total. The predicted molar refractivity (Wildman–Crippen MR) is 87.7 cm³/mol. The summed E-state index contributed by atoms with van der Waals surface area (Å²) in [5, 5.41) is 11.1. The van der Waals surface area contributed by atoms with Gasteiger partial charge in [0.05, 0.1) is 11.8 Å². The van der Waals surface area contributed by atoms with Crippen LogP contribution in [-0.4, -0.2) is 26.9 Å². The molecule has 1 atom stereocenters. The molecule has 1 aromatic rings. The molecular formula is C16H17NO5S. The molecule has 2 N–H and O–H groups in total. The van der Waals surface area contributed by atoms with E-state index in [0.29, 0.717) is 11.3 Å². The number of carbonyl (C=O) groups excluding carboxylic acids is 1. The van der Waals surface area contributed by atoms with Crippen LogP contribution in [0.25, 0.3) is 0 Å². The van der Waals surface area contributed by atoms with Crippen LogP contribution in [0.15, 0.2) is 66.6 Å². The molecule has 0 saturated carbocycles. The van der Waals surface area contributed by atoms with E-state index in [1.807, 2.05) is 6.07 Å². The molecule has 122 valence electrons. The van der Waals surface area contributed by atoms with Gasteiger partial charge in [0.2, 0.25) is 11.1 Å². The third-order valence-corrected chi connectivity index (χ3v) is 3.30. The summed E-state index contributed by atoms with van der Waals surface area (Å²) in [5.74, 6) is -1.37. The lowest BCUT2D eigenvalue weighted by Gasteiger charge is -2.05. The maximum atomic E-state index is 12.0. The molecule has 0 aliphatic heterocycles. The Labute approximate surface area is 136 Å². The van der Waals surface area contributed by atoms with Crippen molar-refractivity contribution >= 4 is 23.0 Å². The number of carboxylic acids is 1. The van der Waals surface area contributed by atoms with Gasteiger partial charge in [0.1, 0.15) is 6.26 Å². The Balaban J connectivity index is 2.49. The van der Waals surface area contributed by atoms with Crippen molar-refractivity contribution < 1.29 is 23.1 Å². The summed E-state index contributed by atoms with van der Waals surface area (Å²) in [6.07, 6.45) is 6.47. The SMILES string of the molecule is C/C=C(\C=C/CS(=O)O/C=C\C(=O)O)NC(=O)c1ccccc1. The van der Waals surface area contributed by atoms with Gasteiger partial charge in [-0.2, -0.15) is 0 Å². The highest BCUT2D eigenvalue weighted by molar-refractivity contribution is 7.80. The summed E-state index contributed by atoms with van der Waals surface area (Å²) in [6.45, 7) is 1.76. The number of amides is 1. The molecule has 0 aromatic heterocycles. The van der Waals surface area contributed by atoms with E-state index in [0.717, 1.165) is 12.3 Å². The zero-order chi connectivity index (χ0) is 17.1. The third-order valence-electron chi connectivity index (χ3n) is 2.51. The number of carboxylic acid groups (broad SMARTS) is 1. The molecule has 0 bridgehead atoms. The van der Waals surface area contributed by atoms with Gasteiger partial charge in [0, 0.05) is 11.3 Å². The molecule has 0 aliphatic rings. The van der Waals surface area contributed by atoms with E-state index in [2.05, 4.69) is 9.50 Å². The van der Waals surface area contributed by atoms with Crippen LogP contribution in [-0.2, 0) is 20.1 Å². The highest BCUT2D eigenvalue weighted by Gasteiger charge is 2.04. The van der Waals surface area contributed by atoms with Gasteiger partial charge in [-0.05, 0) is 25.1 Å². The molecule has 1 aromatic carbocycles. The predicted octanol–water partition coefficient (Wildman–Crippen LogP) is 2.16. The maximum absolute atomic E-state index is 12.0. The van der Waals surface area contributed by atoms with Crippen molar-refractivity contribution in [2.75, 3.05) is 5.75 Å². The van der Waals surface area contributed by atoms with Gasteiger partial charge in [-0.1, -0.05) is 30.4 Å². The molecule has 1 rings (SSSR count). The van der Waals surface area contributed by atoms with Gasteiger partial charge < -0.3 is 14.6 Å². The average Bonchev–Trinajstić information content (AvgIpc) is 2.54. The summed E-state index contributed by atoms with van der Waals surface area (Å²) in [6, 6.07) is 8.76. The summed E-state index contributed by atoms with van der Waals surface area (Å²) in [4.78, 5) is 22.2. The second kappa shape index (κ2) is 10.1. The number of allylic oxidation sites excluding steroid dienone is 2. The van der Waals surface area contributed by atoms with E-state index in [4.69, 9.17) is 5.11 Å². The van der Waals surface area contributed by atoms with Crippen LogP contribution >= 0.6 is 0 Å². The van der Waals surface area contributed by atoms with Gasteiger partial charge in [0.15, 0.2) is 0 Å². The van der Waals surface area contributed by atoms with Crippen LogP contribution in [0, 0.1) is 0 Å². The maximum Gasteiger partial charge on any atom is 0.331 e. The summed E-state index contributed by atoms with van der Waals surface area (Å²) < 4.78 is 16.1. The van der Waals surface area contributed by atoms with Crippen molar-refractivity contribution in [2.45, 2.75) is 6.92 Å². The third kappa shape index (κ3) is 7.77. The standard InChI is InChI=1S/C16H17NO5S/c1-2-14(17-16(20)13-7-4-3-5-8-13)9-6-12-23(21)22-11-10-15(18)19/h2-11H,12H2,1H3,(H,17,20)(H,18,19)/b9-6-,11-10-,14-2+. The first-order valence-corrected chi connectivity index (χ1v) is 7.91. The number of aliphatic carboxylic acids is 1. The Morgan fingerprint density at radius 1 is 1.26 bits per heavy atom. The normalized spacial score (nSPS) is 13.2. The first-order chi connectivity index (χ1) is 11.0. The number of hydrogen-bond donors (Lipinski definition) is 2. The molecule has 0 aliphatic carbocycles. The minimum absolute atomic E-state index is 0.0580. The molecule has 1 amide bonds. The van der Waals surface area contributed by atoms with Crippen molar-refractivity contribution in [2.24, 2.45) is 0 Å². The van der Waals surface area contributed by atoms with Crippen molar-refractivity contribution in [1.29, 1.82) is 0 Å². The van der Waals surface area contributed by atoms with Crippen LogP contribution in [0.1, 0.15) is 17.3 Å². The minimum atomic E-state index is -1.68. The summed E-state index contributed by atoms with van der Waals surface area (Å²) >= 11 is -1.68. The second-order valence-electron chi connectivity index (χ2n) is 4.17. The van der Waals surface area contributed by atoms with Crippen LogP contribution in [0.4, 0.5) is 0 Å². The lowest BCUT2D eigenvalue weighted by atomic mass is 10.2. The smallest absolute Gasteiger partial charge is 0.331 e. The quantitative estimate of drug-likeness (QED) is 0.431. The molecule has 0 heterocycles. The molecule has 23 heavy (non-hydrogen) atoms. The number of rotatable bonds is 8. The fourth-order valence-corrected chi connectivity index (χ4v) is 1.96. The highest BCUT2D eigenvalue weighted by Crippen LogP contribution is 2.01. The zero-order valence-corrected chi connectivity index (χ0v) is 13.3. The van der Waals surface area contributed by atoms with Crippen LogP contribution in [0.3, 0.4) is 0 Å². The molecule has 7 heteroatoms. The largest absolute Gasteiger partial charge is 0.478 e. The first-order valence-electron chi connectivity index (χ1n) is 6.67. The lowest BCUT2D eigenvalue weighted by Crippen LogP contribution is -2.21. The molecule has 0 saturated heterocycles. The monoisotopic (exact) mass is 335 g/mol. The molecule has 0 spiro atoms. The van der Waals surface area contributed by atoms with E-state index >= 15 is 0 Å². The minimum Gasteiger partial charge on any atom is -0.478 e. The van der Waals surface area contributed by atoms with E-state index < -0.39 is 17.0 Å². The highest BCUT2D eigenvalue weighted by atomic mass is 32.2. The van der Waals surface area contributed by atoms with Gasteiger partial charge in [-0.3, -0.25) is 4.79 Å². The van der Waals surface area contributed by atoms with Gasteiger partial charge >= 0.3 is 5.97 Å². The Bertz CT molecular complexity index is 650. The Kier molecular flexibility index (Phi) is 8.09. The zero-order valence-electron chi connectivity index (χ0n) is 12.5. The van der Waals surface area contributed by atoms with E-state index in [1.165, 1.54) is 0 Å². The topological polar surface area (TPSA) is 92.7 Å². The molecular weight excluding hydrogens is 318 g/mol. The second-order valence-corrected chi connectivity index (χ2v) is 5.31. The molecule has 0 radical (unpaired) electrons. The Morgan fingerprint density at radius 3 is 2.57 bits per heavy atom. The Hall–Kier alpha value is -2.67. The number of hydrogen-bond acceptors (Lipinski definition) is 4. The van der Waals surface area contributed by atoms with Gasteiger partial charge in [0.25, 0.3) is 5.91 Å². The van der Waals surface area contributed by atoms with Crippen LogP contribution in [0.5, 0.6) is 0 Å². The lowest BCUT2D eigenvalue weighted by molar-refractivity contribution is -0.131. The van der Waals surface area contributed by atoms with Crippen molar-refractivity contribution in [3.8, 4) is 0 Å².